The van der Waals surface area contributed by atoms with Gasteiger partial charge >= 0.3 is 5.97 Å². The van der Waals surface area contributed by atoms with E-state index < -0.39 is 16.9 Å². The zero-order chi connectivity index (χ0) is 17.5. The van der Waals surface area contributed by atoms with Crippen LogP contribution in [0.5, 0.6) is 0 Å². The summed E-state index contributed by atoms with van der Waals surface area (Å²) in [5.41, 5.74) is 0.362. The van der Waals surface area contributed by atoms with Crippen LogP contribution in [0.25, 0.3) is 0 Å². The second-order valence-corrected chi connectivity index (χ2v) is 6.13. The van der Waals surface area contributed by atoms with Gasteiger partial charge in [-0.25, -0.2) is 0 Å². The van der Waals surface area contributed by atoms with Gasteiger partial charge in [-0.2, -0.15) is 0 Å². The Morgan fingerprint density at radius 1 is 1.25 bits per heavy atom. The van der Waals surface area contributed by atoms with Gasteiger partial charge < -0.3 is 10.1 Å². The third kappa shape index (κ3) is 5.33. The van der Waals surface area contributed by atoms with E-state index in [2.05, 4.69) is 5.32 Å². The molecule has 1 N–H and O–H groups in total. The van der Waals surface area contributed by atoms with Crippen molar-refractivity contribution in [1.29, 1.82) is 0 Å². The van der Waals surface area contributed by atoms with Crippen molar-refractivity contribution in [3.63, 3.8) is 0 Å². The minimum Gasteiger partial charge on any atom is -0.453 e. The number of esters is 1. The molecular weight excluding hydrogens is 312 g/mol. The van der Waals surface area contributed by atoms with Gasteiger partial charge in [0.05, 0.1) is 4.92 Å². The van der Waals surface area contributed by atoms with Crippen molar-refractivity contribution >= 4 is 23.3 Å². The minimum absolute atomic E-state index is 0.0556. The van der Waals surface area contributed by atoms with Crippen LogP contribution in [0.2, 0.25) is 0 Å². The molecule has 1 atom stereocenters. The highest BCUT2D eigenvalue weighted by atomic mass is 16.6. The van der Waals surface area contributed by atoms with E-state index in [1.807, 2.05) is 0 Å². The lowest BCUT2D eigenvalue weighted by Crippen LogP contribution is -2.30. The van der Waals surface area contributed by atoms with Crippen molar-refractivity contribution in [1.82, 2.24) is 0 Å². The number of carbonyl (C=O) groups is 2. The first kappa shape index (κ1) is 17.9. The number of ether oxygens (including phenoxy) is 1. The second-order valence-electron chi connectivity index (χ2n) is 6.13. The summed E-state index contributed by atoms with van der Waals surface area (Å²) in [6.07, 6.45) is 5.05. The molecule has 1 aliphatic rings. The van der Waals surface area contributed by atoms with E-state index >= 15 is 0 Å². The number of anilines is 1. The van der Waals surface area contributed by atoms with Gasteiger partial charge in [0.1, 0.15) is 0 Å². The fraction of sp³-hybridized carbons (Fsp3) is 0.529. The maximum atomic E-state index is 12.0. The third-order valence-corrected chi connectivity index (χ3v) is 4.20. The fourth-order valence-corrected chi connectivity index (χ4v) is 2.84. The molecule has 1 aliphatic carbocycles. The number of amides is 1. The van der Waals surface area contributed by atoms with Gasteiger partial charge in [-0.15, -0.1) is 0 Å². The highest BCUT2D eigenvalue weighted by molar-refractivity contribution is 5.95. The number of carbonyl (C=O) groups excluding carboxylic acids is 2. The summed E-state index contributed by atoms with van der Waals surface area (Å²) in [5, 5.41) is 13.2. The summed E-state index contributed by atoms with van der Waals surface area (Å²) < 4.78 is 5.19. The molecule has 1 fully saturated rings. The average Bonchev–Trinajstić information content (AvgIpc) is 2.56. The van der Waals surface area contributed by atoms with Crippen molar-refractivity contribution in [2.45, 2.75) is 51.6 Å². The van der Waals surface area contributed by atoms with Crippen LogP contribution < -0.4 is 5.32 Å². The van der Waals surface area contributed by atoms with Crippen LogP contribution in [0, 0.1) is 16.0 Å². The predicted molar refractivity (Wildman–Crippen MR) is 88.5 cm³/mol. The topological polar surface area (TPSA) is 98.5 Å². The summed E-state index contributed by atoms with van der Waals surface area (Å²) in [4.78, 5) is 34.0. The molecule has 0 radical (unpaired) electrons. The number of nitrogens with zero attached hydrogens (tertiary/aromatic N) is 1. The number of non-ortho nitro benzene ring substituents is 1. The first-order chi connectivity index (χ1) is 11.5. The zero-order valence-corrected chi connectivity index (χ0v) is 13.7. The lowest BCUT2D eigenvalue weighted by Gasteiger charge is -2.21. The minimum atomic E-state index is -0.906. The number of rotatable bonds is 6. The number of nitro groups is 1. The summed E-state index contributed by atoms with van der Waals surface area (Å²) >= 11 is 0. The van der Waals surface area contributed by atoms with Crippen molar-refractivity contribution < 1.29 is 19.2 Å². The van der Waals surface area contributed by atoms with E-state index in [0.717, 1.165) is 25.7 Å². The van der Waals surface area contributed by atoms with Crippen molar-refractivity contribution in [2.75, 3.05) is 5.32 Å². The van der Waals surface area contributed by atoms with Crippen LogP contribution in [0.1, 0.15) is 45.4 Å². The summed E-state index contributed by atoms with van der Waals surface area (Å²) in [7, 11) is 0. The number of benzene rings is 1. The molecule has 1 amide bonds. The Labute approximate surface area is 140 Å². The van der Waals surface area contributed by atoms with Crippen molar-refractivity contribution in [3.05, 3.63) is 34.4 Å². The number of nitro benzene ring substituents is 1. The maximum absolute atomic E-state index is 12.0. The molecule has 1 aromatic carbocycles. The maximum Gasteiger partial charge on any atom is 0.306 e. The third-order valence-electron chi connectivity index (χ3n) is 4.20. The Bertz CT molecular complexity index is 594. The SMILES string of the molecule is CC(OC(=O)CC1CCCCC1)C(=O)Nc1ccc([N+](=O)[O-])cc1. The van der Waals surface area contributed by atoms with Crippen LogP contribution in [0.3, 0.4) is 0 Å². The lowest BCUT2D eigenvalue weighted by molar-refractivity contribution is -0.384. The van der Waals surface area contributed by atoms with E-state index in [0.29, 0.717) is 18.0 Å². The summed E-state index contributed by atoms with van der Waals surface area (Å²) in [6.45, 7) is 1.51. The predicted octanol–water partition coefficient (Wildman–Crippen LogP) is 3.44. The van der Waals surface area contributed by atoms with Crippen LogP contribution in [0.4, 0.5) is 11.4 Å². The Morgan fingerprint density at radius 3 is 2.46 bits per heavy atom. The van der Waals surface area contributed by atoms with Gasteiger partial charge in [-0.3, -0.25) is 19.7 Å². The van der Waals surface area contributed by atoms with Gasteiger partial charge in [0.15, 0.2) is 6.10 Å². The first-order valence-electron chi connectivity index (χ1n) is 8.20. The van der Waals surface area contributed by atoms with Gasteiger partial charge in [0, 0.05) is 24.2 Å². The fourth-order valence-electron chi connectivity index (χ4n) is 2.84. The molecule has 0 heterocycles. The molecule has 1 unspecified atom stereocenters. The van der Waals surface area contributed by atoms with E-state index in [-0.39, 0.29) is 11.7 Å². The molecule has 0 aliphatic heterocycles. The Morgan fingerprint density at radius 2 is 1.88 bits per heavy atom. The molecule has 130 valence electrons. The molecule has 2 rings (SSSR count). The highest BCUT2D eigenvalue weighted by Crippen LogP contribution is 2.26. The van der Waals surface area contributed by atoms with Gasteiger partial charge in [-0.1, -0.05) is 19.3 Å². The van der Waals surface area contributed by atoms with E-state index in [4.69, 9.17) is 4.74 Å². The zero-order valence-electron chi connectivity index (χ0n) is 13.7. The molecule has 7 heteroatoms. The molecule has 7 nitrogen and oxygen atoms in total. The van der Waals surface area contributed by atoms with E-state index in [1.54, 1.807) is 0 Å². The smallest absolute Gasteiger partial charge is 0.306 e. The van der Waals surface area contributed by atoms with Gasteiger partial charge in [0.25, 0.3) is 11.6 Å². The molecule has 1 aromatic rings. The highest BCUT2D eigenvalue weighted by Gasteiger charge is 2.22. The van der Waals surface area contributed by atoms with Crippen LogP contribution >= 0.6 is 0 Å². The van der Waals surface area contributed by atoms with Gasteiger partial charge in [0.2, 0.25) is 0 Å². The van der Waals surface area contributed by atoms with Crippen LogP contribution in [0.15, 0.2) is 24.3 Å². The number of hydrogen-bond donors (Lipinski definition) is 1. The standard InChI is InChI=1S/C17H22N2O5/c1-12(24-16(20)11-13-5-3-2-4-6-13)17(21)18-14-7-9-15(10-8-14)19(22)23/h7-10,12-13H,2-6,11H2,1H3,(H,18,21). The van der Waals surface area contributed by atoms with E-state index in [1.165, 1.54) is 37.6 Å². The number of hydrogen-bond acceptors (Lipinski definition) is 5. The lowest BCUT2D eigenvalue weighted by atomic mass is 9.87. The molecule has 24 heavy (non-hydrogen) atoms. The summed E-state index contributed by atoms with van der Waals surface area (Å²) in [6, 6.07) is 5.48. The molecule has 0 saturated heterocycles. The normalized spacial score (nSPS) is 16.2. The quantitative estimate of drug-likeness (QED) is 0.488. The molecule has 1 saturated carbocycles. The molecule has 0 spiro atoms. The summed E-state index contributed by atoms with van der Waals surface area (Å²) in [5.74, 6) is -0.453. The van der Waals surface area contributed by atoms with Gasteiger partial charge in [-0.05, 0) is 37.8 Å². The van der Waals surface area contributed by atoms with Crippen molar-refractivity contribution in [3.8, 4) is 0 Å². The Kier molecular flexibility index (Phi) is 6.28. The Balaban J connectivity index is 1.80. The molecule has 0 aromatic heterocycles. The van der Waals surface area contributed by atoms with Crippen LogP contribution in [-0.2, 0) is 14.3 Å². The molecule has 0 bridgehead atoms. The second kappa shape index (κ2) is 8.42. The Hall–Kier alpha value is -2.44. The number of nitrogens with one attached hydrogen (secondary N) is 1. The monoisotopic (exact) mass is 334 g/mol. The molecular formula is C17H22N2O5. The van der Waals surface area contributed by atoms with Crippen LogP contribution in [-0.4, -0.2) is 22.9 Å². The van der Waals surface area contributed by atoms with E-state index in [9.17, 15) is 19.7 Å². The van der Waals surface area contributed by atoms with Crippen molar-refractivity contribution in [2.24, 2.45) is 5.92 Å². The largest absolute Gasteiger partial charge is 0.453 e. The first-order valence-corrected chi connectivity index (χ1v) is 8.20. The average molecular weight is 334 g/mol.